The number of hydrogen-bond acceptors (Lipinski definition) is 4. The first-order chi connectivity index (χ1) is 8.93. The Balaban J connectivity index is 2.59. The number of rotatable bonds is 2. The van der Waals surface area contributed by atoms with Crippen molar-refractivity contribution in [1.82, 2.24) is 0 Å². The van der Waals surface area contributed by atoms with Gasteiger partial charge in [-0.3, -0.25) is 14.5 Å². The standard InChI is InChI=1S/C14H17NO4/c1-8-5-12-13(15(9(2)16)10(3)17)6-11(18-4)7-14(12)19-8/h6-8H,5H2,1-4H3. The number of anilines is 1. The minimum absolute atomic E-state index is 0.0293. The maximum absolute atomic E-state index is 11.7. The smallest absolute Gasteiger partial charge is 0.230 e. The molecule has 0 saturated heterocycles. The van der Waals surface area contributed by atoms with Crippen molar-refractivity contribution in [2.24, 2.45) is 0 Å². The summed E-state index contributed by atoms with van der Waals surface area (Å²) >= 11 is 0. The zero-order valence-corrected chi connectivity index (χ0v) is 11.5. The summed E-state index contributed by atoms with van der Waals surface area (Å²) in [5, 5.41) is 0. The van der Waals surface area contributed by atoms with Crippen molar-refractivity contribution in [3.8, 4) is 11.5 Å². The largest absolute Gasteiger partial charge is 0.497 e. The van der Waals surface area contributed by atoms with Crippen LogP contribution in [0.4, 0.5) is 5.69 Å². The number of methoxy groups -OCH3 is 1. The number of nitrogens with zero attached hydrogens (tertiary/aromatic N) is 1. The second-order valence-electron chi connectivity index (χ2n) is 4.63. The molecular formula is C14H17NO4. The van der Waals surface area contributed by atoms with Crippen molar-refractivity contribution in [2.75, 3.05) is 12.0 Å². The highest BCUT2D eigenvalue weighted by Gasteiger charge is 2.28. The minimum atomic E-state index is -0.317. The number of carbonyl (C=O) groups is 2. The maximum atomic E-state index is 11.7. The quantitative estimate of drug-likeness (QED) is 0.818. The molecule has 0 aliphatic carbocycles. The van der Waals surface area contributed by atoms with Crippen LogP contribution >= 0.6 is 0 Å². The molecule has 0 spiro atoms. The molecule has 2 amide bonds. The fourth-order valence-electron chi connectivity index (χ4n) is 2.34. The van der Waals surface area contributed by atoms with Gasteiger partial charge in [0.2, 0.25) is 11.8 Å². The summed E-state index contributed by atoms with van der Waals surface area (Å²) in [5.74, 6) is 0.606. The maximum Gasteiger partial charge on any atom is 0.230 e. The number of amides is 2. The Hall–Kier alpha value is -2.04. The van der Waals surface area contributed by atoms with Crippen LogP contribution in [0.1, 0.15) is 26.3 Å². The topological polar surface area (TPSA) is 55.8 Å². The SMILES string of the molecule is COc1cc2c(c(N(C(C)=O)C(C)=O)c1)CC(C)O2. The lowest BCUT2D eigenvalue weighted by atomic mass is 10.1. The number of imide groups is 1. The molecule has 1 atom stereocenters. The molecule has 1 aliphatic rings. The third-order valence-corrected chi connectivity index (χ3v) is 3.09. The van der Waals surface area contributed by atoms with Gasteiger partial charge < -0.3 is 9.47 Å². The van der Waals surface area contributed by atoms with E-state index in [4.69, 9.17) is 9.47 Å². The molecule has 0 N–H and O–H groups in total. The minimum Gasteiger partial charge on any atom is -0.497 e. The molecule has 0 aromatic heterocycles. The van der Waals surface area contributed by atoms with Gasteiger partial charge in [-0.15, -0.1) is 0 Å². The van der Waals surface area contributed by atoms with Crippen molar-refractivity contribution in [3.05, 3.63) is 17.7 Å². The van der Waals surface area contributed by atoms with E-state index >= 15 is 0 Å². The first-order valence-corrected chi connectivity index (χ1v) is 6.13. The Labute approximate surface area is 112 Å². The van der Waals surface area contributed by atoms with Crippen LogP contribution < -0.4 is 14.4 Å². The van der Waals surface area contributed by atoms with Crippen LogP contribution in [0, 0.1) is 0 Å². The van der Waals surface area contributed by atoms with Gasteiger partial charge in [0.1, 0.15) is 17.6 Å². The molecule has 1 unspecified atom stereocenters. The average Bonchev–Trinajstić information content (AvgIpc) is 2.68. The number of hydrogen-bond donors (Lipinski definition) is 0. The van der Waals surface area contributed by atoms with E-state index < -0.39 is 0 Å². The van der Waals surface area contributed by atoms with Crippen molar-refractivity contribution in [2.45, 2.75) is 33.3 Å². The lowest BCUT2D eigenvalue weighted by molar-refractivity contribution is -0.124. The van der Waals surface area contributed by atoms with E-state index in [0.717, 1.165) is 10.5 Å². The summed E-state index contributed by atoms with van der Waals surface area (Å²) in [5.41, 5.74) is 1.43. The van der Waals surface area contributed by atoms with Crippen LogP contribution in [0.15, 0.2) is 12.1 Å². The summed E-state index contributed by atoms with van der Waals surface area (Å²) in [4.78, 5) is 24.5. The third-order valence-electron chi connectivity index (χ3n) is 3.09. The highest BCUT2D eigenvalue weighted by atomic mass is 16.5. The van der Waals surface area contributed by atoms with E-state index in [1.807, 2.05) is 6.92 Å². The van der Waals surface area contributed by atoms with Crippen LogP contribution in [0.25, 0.3) is 0 Å². The van der Waals surface area contributed by atoms with Gasteiger partial charge in [0.15, 0.2) is 0 Å². The Morgan fingerprint density at radius 3 is 2.47 bits per heavy atom. The van der Waals surface area contributed by atoms with Gasteiger partial charge in [0.05, 0.1) is 12.8 Å². The van der Waals surface area contributed by atoms with Crippen molar-refractivity contribution < 1.29 is 19.1 Å². The number of carbonyl (C=O) groups excluding carboxylic acids is 2. The number of benzene rings is 1. The van der Waals surface area contributed by atoms with Crippen LogP contribution in [-0.2, 0) is 16.0 Å². The van der Waals surface area contributed by atoms with Gasteiger partial charge in [-0.1, -0.05) is 0 Å². The second kappa shape index (κ2) is 4.91. The van der Waals surface area contributed by atoms with E-state index in [1.54, 1.807) is 12.1 Å². The van der Waals surface area contributed by atoms with Gasteiger partial charge in [0, 0.05) is 38.0 Å². The van der Waals surface area contributed by atoms with E-state index in [1.165, 1.54) is 21.0 Å². The number of ether oxygens (including phenoxy) is 2. The third kappa shape index (κ3) is 2.41. The van der Waals surface area contributed by atoms with E-state index in [2.05, 4.69) is 0 Å². The molecule has 19 heavy (non-hydrogen) atoms. The van der Waals surface area contributed by atoms with Crippen molar-refractivity contribution >= 4 is 17.5 Å². The van der Waals surface area contributed by atoms with Crippen LogP contribution in [0.5, 0.6) is 11.5 Å². The Kier molecular flexibility index (Phi) is 3.46. The average molecular weight is 263 g/mol. The molecule has 5 nitrogen and oxygen atoms in total. The zero-order chi connectivity index (χ0) is 14.2. The molecule has 1 aromatic carbocycles. The lowest BCUT2D eigenvalue weighted by Gasteiger charge is -2.20. The summed E-state index contributed by atoms with van der Waals surface area (Å²) in [7, 11) is 1.54. The summed E-state index contributed by atoms with van der Waals surface area (Å²) in [6.45, 7) is 4.68. The molecular weight excluding hydrogens is 246 g/mol. The lowest BCUT2D eigenvalue weighted by Crippen LogP contribution is -2.33. The van der Waals surface area contributed by atoms with Crippen LogP contribution in [-0.4, -0.2) is 25.0 Å². The molecule has 1 aliphatic heterocycles. The molecule has 5 heteroatoms. The van der Waals surface area contributed by atoms with Crippen LogP contribution in [0.3, 0.4) is 0 Å². The molecule has 0 saturated carbocycles. The molecule has 102 valence electrons. The van der Waals surface area contributed by atoms with Gasteiger partial charge in [-0.25, -0.2) is 0 Å². The van der Waals surface area contributed by atoms with Gasteiger partial charge in [-0.2, -0.15) is 0 Å². The summed E-state index contributed by atoms with van der Waals surface area (Å²) in [6.07, 6.45) is 0.702. The van der Waals surface area contributed by atoms with Gasteiger partial charge >= 0.3 is 0 Å². The Bertz CT molecular complexity index is 524. The molecule has 2 rings (SSSR count). The van der Waals surface area contributed by atoms with Gasteiger partial charge in [0.25, 0.3) is 0 Å². The predicted octanol–water partition coefficient (Wildman–Crippen LogP) is 1.92. The predicted molar refractivity (Wildman–Crippen MR) is 70.6 cm³/mol. The second-order valence-corrected chi connectivity index (χ2v) is 4.63. The van der Waals surface area contributed by atoms with Crippen LogP contribution in [0.2, 0.25) is 0 Å². The Morgan fingerprint density at radius 1 is 1.32 bits per heavy atom. The van der Waals surface area contributed by atoms with Gasteiger partial charge in [-0.05, 0) is 6.92 Å². The van der Waals surface area contributed by atoms with E-state index in [-0.39, 0.29) is 17.9 Å². The highest BCUT2D eigenvalue weighted by Crippen LogP contribution is 2.40. The Morgan fingerprint density at radius 2 is 1.95 bits per heavy atom. The molecule has 1 heterocycles. The highest BCUT2D eigenvalue weighted by molar-refractivity contribution is 6.14. The first kappa shape index (κ1) is 13.4. The monoisotopic (exact) mass is 263 g/mol. The summed E-state index contributed by atoms with van der Waals surface area (Å²) < 4.78 is 10.9. The normalized spacial score (nSPS) is 16.5. The zero-order valence-electron chi connectivity index (χ0n) is 11.5. The first-order valence-electron chi connectivity index (χ1n) is 6.13. The fourth-order valence-corrected chi connectivity index (χ4v) is 2.34. The molecule has 0 radical (unpaired) electrons. The molecule has 0 fully saturated rings. The summed E-state index contributed by atoms with van der Waals surface area (Å²) in [6, 6.07) is 3.48. The fraction of sp³-hybridized carbons (Fsp3) is 0.429. The van der Waals surface area contributed by atoms with E-state index in [0.29, 0.717) is 23.6 Å². The molecule has 0 bridgehead atoms. The number of fused-ring (bicyclic) bond motifs is 1. The van der Waals surface area contributed by atoms with Crippen molar-refractivity contribution in [3.63, 3.8) is 0 Å². The molecule has 1 aromatic rings. The van der Waals surface area contributed by atoms with Crippen molar-refractivity contribution in [1.29, 1.82) is 0 Å². The van der Waals surface area contributed by atoms with E-state index in [9.17, 15) is 9.59 Å².